The lowest BCUT2D eigenvalue weighted by Gasteiger charge is -2.31. The summed E-state index contributed by atoms with van der Waals surface area (Å²) in [6.45, 7) is 0. The summed E-state index contributed by atoms with van der Waals surface area (Å²) in [5, 5.41) is 29.5. The fourth-order valence-corrected chi connectivity index (χ4v) is 3.60. The highest BCUT2D eigenvalue weighted by atomic mass is 127. The maximum absolute atomic E-state index is 9.93. The van der Waals surface area contributed by atoms with Crippen molar-refractivity contribution in [2.45, 2.75) is 16.4 Å². The summed E-state index contributed by atoms with van der Waals surface area (Å²) in [6, 6.07) is 7.94. The number of hydrogen-bond donors (Lipinski definition) is 3. The first-order valence-corrected chi connectivity index (χ1v) is 7.96. The lowest BCUT2D eigenvalue weighted by atomic mass is 9.96. The van der Waals surface area contributed by atoms with E-state index in [1.54, 1.807) is 12.1 Å². The van der Waals surface area contributed by atoms with Crippen molar-refractivity contribution in [3.8, 4) is 28.7 Å². The fraction of sp³-hybridized carbons (Fsp3) is 0.250. The number of alkyl halides is 1. The van der Waals surface area contributed by atoms with Crippen LogP contribution in [-0.2, 0) is 6.42 Å². The largest absolute Gasteiger partial charge is 0.508 e. The smallest absolute Gasteiger partial charge is 0.160 e. The molecule has 0 radical (unpaired) electrons. The Morgan fingerprint density at radius 1 is 1.14 bits per heavy atom. The molecule has 116 valence electrons. The van der Waals surface area contributed by atoms with Crippen LogP contribution in [0.25, 0.3) is 0 Å². The zero-order chi connectivity index (χ0) is 15.9. The van der Waals surface area contributed by atoms with Gasteiger partial charge >= 0.3 is 0 Å². The third-order valence-electron chi connectivity index (χ3n) is 3.68. The van der Waals surface area contributed by atoms with Gasteiger partial charge in [0.25, 0.3) is 0 Å². The van der Waals surface area contributed by atoms with Crippen LogP contribution in [0.2, 0.25) is 0 Å². The molecule has 0 bridgehead atoms. The second-order valence-corrected chi connectivity index (χ2v) is 6.73. The van der Waals surface area contributed by atoms with Crippen LogP contribution < -0.4 is 9.47 Å². The Kier molecular flexibility index (Phi) is 3.94. The fourth-order valence-electron chi connectivity index (χ4n) is 2.60. The summed E-state index contributed by atoms with van der Waals surface area (Å²) in [7, 11) is 1.49. The Morgan fingerprint density at radius 2 is 1.91 bits per heavy atom. The molecule has 2 aromatic carbocycles. The molecule has 1 heterocycles. The molecule has 0 amide bonds. The van der Waals surface area contributed by atoms with Crippen LogP contribution in [0.4, 0.5) is 0 Å². The van der Waals surface area contributed by atoms with E-state index < -0.39 is 0 Å². The second kappa shape index (κ2) is 5.75. The number of rotatable bonds is 2. The van der Waals surface area contributed by atoms with Crippen molar-refractivity contribution in [3.63, 3.8) is 0 Å². The molecule has 1 aliphatic heterocycles. The molecule has 0 fully saturated rings. The first-order chi connectivity index (χ1) is 10.5. The average molecular weight is 414 g/mol. The number of halogens is 1. The Bertz CT molecular complexity index is 716. The Hall–Kier alpha value is -1.83. The number of hydrogen-bond acceptors (Lipinski definition) is 5. The van der Waals surface area contributed by atoms with Gasteiger partial charge in [0.1, 0.15) is 23.4 Å². The van der Waals surface area contributed by atoms with Gasteiger partial charge in [-0.05, 0) is 24.1 Å². The molecule has 0 aliphatic carbocycles. The lowest BCUT2D eigenvalue weighted by Crippen LogP contribution is -2.26. The van der Waals surface area contributed by atoms with Gasteiger partial charge in [0.15, 0.2) is 11.5 Å². The molecule has 1 aliphatic rings. The number of phenols is 3. The number of methoxy groups -OCH3 is 1. The van der Waals surface area contributed by atoms with Crippen LogP contribution in [0.15, 0.2) is 30.3 Å². The van der Waals surface area contributed by atoms with Crippen LogP contribution in [0.5, 0.6) is 28.7 Å². The van der Waals surface area contributed by atoms with Crippen molar-refractivity contribution in [1.82, 2.24) is 0 Å². The molecule has 0 aromatic heterocycles. The van der Waals surface area contributed by atoms with E-state index in [4.69, 9.17) is 9.47 Å². The molecule has 6 heteroatoms. The first kappa shape index (κ1) is 15.1. The van der Waals surface area contributed by atoms with Gasteiger partial charge in [-0.1, -0.05) is 28.7 Å². The van der Waals surface area contributed by atoms with E-state index in [2.05, 4.69) is 22.6 Å². The van der Waals surface area contributed by atoms with E-state index in [-0.39, 0.29) is 27.3 Å². The van der Waals surface area contributed by atoms with Crippen molar-refractivity contribution in [3.05, 3.63) is 41.5 Å². The van der Waals surface area contributed by atoms with Gasteiger partial charge < -0.3 is 24.8 Å². The monoisotopic (exact) mass is 414 g/mol. The van der Waals surface area contributed by atoms with Crippen molar-refractivity contribution >= 4 is 22.6 Å². The minimum atomic E-state index is -0.286. The van der Waals surface area contributed by atoms with Gasteiger partial charge in [-0.25, -0.2) is 0 Å². The Morgan fingerprint density at radius 3 is 2.59 bits per heavy atom. The molecular weight excluding hydrogens is 399 g/mol. The van der Waals surface area contributed by atoms with Gasteiger partial charge in [-0.3, -0.25) is 0 Å². The first-order valence-electron chi connectivity index (χ1n) is 6.72. The standard InChI is InChI=1S/C16H15IO5/c1-21-14-3-2-8(4-13(14)20)16-11(17)7-10-12(19)5-9(18)6-15(10)22-16/h2-6,11,16,18-20H,7H2,1H3/t11-,16-/m1/s1. The number of benzene rings is 2. The molecular formula is C16H15IO5. The quantitative estimate of drug-likeness (QED) is 0.519. The minimum absolute atomic E-state index is 0.0349. The van der Waals surface area contributed by atoms with Gasteiger partial charge in [0, 0.05) is 17.7 Å². The molecule has 0 unspecified atom stereocenters. The maximum Gasteiger partial charge on any atom is 0.160 e. The molecule has 3 N–H and O–H groups in total. The van der Waals surface area contributed by atoms with Gasteiger partial charge in [-0.15, -0.1) is 0 Å². The molecule has 22 heavy (non-hydrogen) atoms. The summed E-state index contributed by atoms with van der Waals surface area (Å²) >= 11 is 2.26. The predicted molar refractivity (Wildman–Crippen MR) is 89.3 cm³/mol. The number of ether oxygens (including phenoxy) is 2. The maximum atomic E-state index is 9.93. The third kappa shape index (κ3) is 2.63. The Balaban J connectivity index is 1.97. The SMILES string of the molecule is COc1ccc([C@H]2Oc3cc(O)cc(O)c3C[C@H]2I)cc1O. The van der Waals surface area contributed by atoms with E-state index in [0.717, 1.165) is 5.56 Å². The zero-order valence-electron chi connectivity index (χ0n) is 11.8. The zero-order valence-corrected chi connectivity index (χ0v) is 13.9. The summed E-state index contributed by atoms with van der Waals surface area (Å²) < 4.78 is 11.1. The van der Waals surface area contributed by atoms with Crippen LogP contribution in [0, 0.1) is 0 Å². The van der Waals surface area contributed by atoms with Gasteiger partial charge in [0.2, 0.25) is 0 Å². The highest BCUT2D eigenvalue weighted by Crippen LogP contribution is 2.45. The summed E-state index contributed by atoms with van der Waals surface area (Å²) in [5.74, 6) is 0.912. The van der Waals surface area contributed by atoms with Crippen LogP contribution in [0.3, 0.4) is 0 Å². The van der Waals surface area contributed by atoms with Crippen LogP contribution in [-0.4, -0.2) is 26.4 Å². The minimum Gasteiger partial charge on any atom is -0.508 e. The van der Waals surface area contributed by atoms with E-state index in [9.17, 15) is 15.3 Å². The van der Waals surface area contributed by atoms with Crippen LogP contribution in [0.1, 0.15) is 17.2 Å². The highest BCUT2D eigenvalue weighted by Gasteiger charge is 2.32. The summed E-state index contributed by atoms with van der Waals surface area (Å²) in [4.78, 5) is 0. The number of phenolic OH excluding ortho intramolecular Hbond substituents is 3. The van der Waals surface area contributed by atoms with E-state index >= 15 is 0 Å². The lowest BCUT2D eigenvalue weighted by molar-refractivity contribution is 0.185. The number of aromatic hydroxyl groups is 3. The molecule has 2 atom stereocenters. The third-order valence-corrected chi connectivity index (χ3v) is 4.78. The van der Waals surface area contributed by atoms with Crippen molar-refractivity contribution < 1.29 is 24.8 Å². The van der Waals surface area contributed by atoms with Crippen LogP contribution >= 0.6 is 22.6 Å². The van der Waals surface area contributed by atoms with Crippen molar-refractivity contribution in [1.29, 1.82) is 0 Å². The van der Waals surface area contributed by atoms with Gasteiger partial charge in [-0.2, -0.15) is 0 Å². The molecule has 0 saturated carbocycles. The van der Waals surface area contributed by atoms with E-state index in [1.807, 2.05) is 6.07 Å². The normalized spacial score (nSPS) is 20.1. The molecule has 0 spiro atoms. The Labute approximate surface area is 141 Å². The van der Waals surface area contributed by atoms with E-state index in [1.165, 1.54) is 19.2 Å². The molecule has 3 rings (SSSR count). The van der Waals surface area contributed by atoms with Gasteiger partial charge in [0.05, 0.1) is 11.0 Å². The summed E-state index contributed by atoms with van der Waals surface area (Å²) in [6.07, 6.45) is 0.325. The summed E-state index contributed by atoms with van der Waals surface area (Å²) in [5.41, 5.74) is 1.50. The molecule has 5 nitrogen and oxygen atoms in total. The van der Waals surface area contributed by atoms with E-state index in [0.29, 0.717) is 23.5 Å². The second-order valence-electron chi connectivity index (χ2n) is 5.13. The number of fused-ring (bicyclic) bond motifs is 1. The van der Waals surface area contributed by atoms with Crippen molar-refractivity contribution in [2.24, 2.45) is 0 Å². The molecule has 0 saturated heterocycles. The highest BCUT2D eigenvalue weighted by molar-refractivity contribution is 14.1. The van der Waals surface area contributed by atoms with Crippen molar-refractivity contribution in [2.75, 3.05) is 7.11 Å². The average Bonchev–Trinajstić information content (AvgIpc) is 2.47. The molecule has 2 aromatic rings. The predicted octanol–water partition coefficient (Wildman–Crippen LogP) is 3.29. The topological polar surface area (TPSA) is 79.2 Å².